The first-order valence-corrected chi connectivity index (χ1v) is 8.09. The monoisotopic (exact) mass is 322 g/mol. The normalized spacial score (nSPS) is 17.3. The summed E-state index contributed by atoms with van der Waals surface area (Å²) < 4.78 is 0. The van der Waals surface area contributed by atoms with E-state index in [1.165, 1.54) is 6.92 Å². The maximum atomic E-state index is 12.1. The van der Waals surface area contributed by atoms with Crippen LogP contribution in [0.1, 0.15) is 22.8 Å². The number of nitrogens with zero attached hydrogens (tertiary/aromatic N) is 1. The number of nitrogens with one attached hydrogen (secondary N) is 1. The van der Waals surface area contributed by atoms with E-state index in [2.05, 4.69) is 5.32 Å². The summed E-state index contributed by atoms with van der Waals surface area (Å²) in [5.41, 5.74) is 1.20. The van der Waals surface area contributed by atoms with Gasteiger partial charge in [0.2, 0.25) is 11.8 Å². The standard InChI is InChI=1S/C15H18N2O4S/c1-10(18)17-9-22-8-13(17)14(19)16-7-6-11-2-4-12(5-3-11)15(20)21/h2-5,13H,6-9H2,1H3,(H,16,19)(H,20,21)/t13-/m0/s1. The summed E-state index contributed by atoms with van der Waals surface area (Å²) in [6.45, 7) is 1.92. The van der Waals surface area contributed by atoms with Crippen molar-refractivity contribution in [3.05, 3.63) is 35.4 Å². The number of carboxylic acid groups (broad SMARTS) is 1. The Morgan fingerprint density at radius 1 is 1.32 bits per heavy atom. The molecule has 2 amide bonds. The summed E-state index contributed by atoms with van der Waals surface area (Å²) in [6, 6.07) is 6.18. The summed E-state index contributed by atoms with van der Waals surface area (Å²) in [5, 5.41) is 11.7. The van der Waals surface area contributed by atoms with Crippen LogP contribution in [0.15, 0.2) is 24.3 Å². The molecule has 6 nitrogen and oxygen atoms in total. The molecule has 0 radical (unpaired) electrons. The Morgan fingerprint density at radius 2 is 2.00 bits per heavy atom. The van der Waals surface area contributed by atoms with E-state index >= 15 is 0 Å². The molecule has 0 unspecified atom stereocenters. The lowest BCUT2D eigenvalue weighted by Crippen LogP contribution is -2.46. The van der Waals surface area contributed by atoms with Crippen molar-refractivity contribution in [1.29, 1.82) is 0 Å². The lowest BCUT2D eigenvalue weighted by Gasteiger charge is -2.21. The SMILES string of the molecule is CC(=O)N1CSC[C@H]1C(=O)NCCc1ccc(C(=O)O)cc1. The topological polar surface area (TPSA) is 86.7 Å². The van der Waals surface area contributed by atoms with Crippen molar-refractivity contribution in [3.8, 4) is 0 Å². The quantitative estimate of drug-likeness (QED) is 0.843. The van der Waals surface area contributed by atoms with Crippen molar-refractivity contribution in [3.63, 3.8) is 0 Å². The van der Waals surface area contributed by atoms with Crippen LogP contribution in [0.5, 0.6) is 0 Å². The number of carboxylic acids is 1. The third kappa shape index (κ3) is 4.00. The largest absolute Gasteiger partial charge is 0.478 e. The first-order chi connectivity index (χ1) is 10.5. The van der Waals surface area contributed by atoms with Crippen LogP contribution in [0.3, 0.4) is 0 Å². The van der Waals surface area contributed by atoms with Gasteiger partial charge < -0.3 is 15.3 Å². The van der Waals surface area contributed by atoms with Gasteiger partial charge in [-0.2, -0.15) is 0 Å². The van der Waals surface area contributed by atoms with E-state index in [0.29, 0.717) is 24.6 Å². The Balaban J connectivity index is 1.81. The molecule has 7 heteroatoms. The second-order valence-corrected chi connectivity index (χ2v) is 6.05. The minimum absolute atomic E-state index is 0.0885. The van der Waals surface area contributed by atoms with Gasteiger partial charge in [-0.3, -0.25) is 9.59 Å². The fraction of sp³-hybridized carbons (Fsp3) is 0.400. The number of thioether (sulfide) groups is 1. The molecular formula is C15H18N2O4S. The summed E-state index contributed by atoms with van der Waals surface area (Å²) in [5.74, 6) is 0.00247. The van der Waals surface area contributed by atoms with Gasteiger partial charge in [-0.15, -0.1) is 11.8 Å². The Morgan fingerprint density at radius 3 is 2.59 bits per heavy atom. The van der Waals surface area contributed by atoms with Gasteiger partial charge in [0, 0.05) is 19.2 Å². The van der Waals surface area contributed by atoms with Gasteiger partial charge in [-0.1, -0.05) is 12.1 Å². The third-order valence-electron chi connectivity index (χ3n) is 3.50. The molecule has 1 aromatic carbocycles. The molecule has 1 aromatic rings. The summed E-state index contributed by atoms with van der Waals surface area (Å²) in [6.07, 6.45) is 0.617. The van der Waals surface area contributed by atoms with Gasteiger partial charge in [0.1, 0.15) is 6.04 Å². The average Bonchev–Trinajstić information content (AvgIpc) is 2.97. The molecular weight excluding hydrogens is 304 g/mol. The predicted octanol–water partition coefficient (Wildman–Crippen LogP) is 0.965. The van der Waals surface area contributed by atoms with Gasteiger partial charge in [0.25, 0.3) is 0 Å². The lowest BCUT2D eigenvalue weighted by molar-refractivity contribution is -0.136. The molecule has 0 bridgehead atoms. The van der Waals surface area contributed by atoms with E-state index in [-0.39, 0.29) is 17.4 Å². The van der Waals surface area contributed by atoms with Crippen LogP contribution in [0.4, 0.5) is 0 Å². The van der Waals surface area contributed by atoms with Crippen LogP contribution >= 0.6 is 11.8 Å². The second-order valence-electron chi connectivity index (χ2n) is 5.05. The lowest BCUT2D eigenvalue weighted by atomic mass is 10.1. The molecule has 0 aromatic heterocycles. The van der Waals surface area contributed by atoms with E-state index in [1.54, 1.807) is 40.9 Å². The zero-order valence-corrected chi connectivity index (χ0v) is 13.1. The molecule has 2 N–H and O–H groups in total. The summed E-state index contributed by atoms with van der Waals surface area (Å²) >= 11 is 1.57. The molecule has 0 saturated carbocycles. The molecule has 1 fully saturated rings. The van der Waals surface area contributed by atoms with Crippen LogP contribution < -0.4 is 5.32 Å². The average molecular weight is 322 g/mol. The number of aromatic carboxylic acids is 1. The van der Waals surface area contributed by atoms with Crippen molar-refractivity contribution in [2.24, 2.45) is 0 Å². The number of carbonyl (C=O) groups excluding carboxylic acids is 2. The van der Waals surface area contributed by atoms with Gasteiger partial charge in [0.05, 0.1) is 11.4 Å². The van der Waals surface area contributed by atoms with Crippen molar-refractivity contribution >= 4 is 29.5 Å². The molecule has 1 atom stereocenters. The first-order valence-electron chi connectivity index (χ1n) is 6.94. The smallest absolute Gasteiger partial charge is 0.335 e. The van der Waals surface area contributed by atoms with E-state index < -0.39 is 12.0 Å². The van der Waals surface area contributed by atoms with Crippen molar-refractivity contribution in [2.45, 2.75) is 19.4 Å². The highest BCUT2D eigenvalue weighted by Crippen LogP contribution is 2.20. The summed E-state index contributed by atoms with van der Waals surface area (Å²) in [7, 11) is 0. The number of amides is 2. The van der Waals surface area contributed by atoms with Crippen LogP contribution in [0, 0.1) is 0 Å². The van der Waals surface area contributed by atoms with Crippen LogP contribution in [-0.2, 0) is 16.0 Å². The van der Waals surface area contributed by atoms with Gasteiger partial charge in [-0.05, 0) is 24.1 Å². The maximum absolute atomic E-state index is 12.1. The fourth-order valence-electron chi connectivity index (χ4n) is 2.23. The molecule has 1 aliphatic rings. The fourth-order valence-corrected chi connectivity index (χ4v) is 3.45. The maximum Gasteiger partial charge on any atom is 0.335 e. The highest BCUT2D eigenvalue weighted by Gasteiger charge is 2.32. The molecule has 22 heavy (non-hydrogen) atoms. The van der Waals surface area contributed by atoms with Gasteiger partial charge in [0.15, 0.2) is 0 Å². The zero-order valence-electron chi connectivity index (χ0n) is 12.2. The van der Waals surface area contributed by atoms with E-state index in [0.717, 1.165) is 5.56 Å². The molecule has 118 valence electrons. The zero-order chi connectivity index (χ0) is 16.1. The molecule has 1 heterocycles. The second kappa shape index (κ2) is 7.31. The Kier molecular flexibility index (Phi) is 5.43. The minimum Gasteiger partial charge on any atom is -0.478 e. The molecule has 1 aliphatic heterocycles. The van der Waals surface area contributed by atoms with Crippen molar-refractivity contribution in [2.75, 3.05) is 18.2 Å². The van der Waals surface area contributed by atoms with E-state index in [1.807, 2.05) is 0 Å². The van der Waals surface area contributed by atoms with Gasteiger partial charge in [-0.25, -0.2) is 4.79 Å². The third-order valence-corrected chi connectivity index (χ3v) is 4.52. The van der Waals surface area contributed by atoms with Crippen molar-refractivity contribution in [1.82, 2.24) is 10.2 Å². The summed E-state index contributed by atoms with van der Waals surface area (Å²) in [4.78, 5) is 35.9. The highest BCUT2D eigenvalue weighted by molar-refractivity contribution is 7.99. The van der Waals surface area contributed by atoms with Crippen molar-refractivity contribution < 1.29 is 19.5 Å². The number of hydrogen-bond acceptors (Lipinski definition) is 4. The number of carbonyl (C=O) groups is 3. The highest BCUT2D eigenvalue weighted by atomic mass is 32.2. The Labute approximate surface area is 132 Å². The van der Waals surface area contributed by atoms with Crippen LogP contribution in [0.25, 0.3) is 0 Å². The number of benzene rings is 1. The van der Waals surface area contributed by atoms with Crippen LogP contribution in [-0.4, -0.2) is 52.0 Å². The predicted molar refractivity (Wildman–Crippen MR) is 83.7 cm³/mol. The number of hydrogen-bond donors (Lipinski definition) is 2. The molecule has 1 saturated heterocycles. The number of rotatable bonds is 5. The van der Waals surface area contributed by atoms with E-state index in [4.69, 9.17) is 5.11 Å². The van der Waals surface area contributed by atoms with E-state index in [9.17, 15) is 14.4 Å². The minimum atomic E-state index is -0.956. The molecule has 0 spiro atoms. The van der Waals surface area contributed by atoms with Gasteiger partial charge >= 0.3 is 5.97 Å². The Bertz CT molecular complexity index is 573. The first kappa shape index (κ1) is 16.4. The molecule has 0 aliphatic carbocycles. The molecule has 2 rings (SSSR count). The Hall–Kier alpha value is -2.02. The van der Waals surface area contributed by atoms with Crippen LogP contribution in [0.2, 0.25) is 0 Å².